The fourth-order valence-electron chi connectivity index (χ4n) is 2.73. The molecule has 0 aromatic carbocycles. The maximum Gasteiger partial charge on any atom is 0.157 e. The fourth-order valence-corrected chi connectivity index (χ4v) is 2.73. The first-order valence-corrected chi connectivity index (χ1v) is 6.98. The Bertz CT molecular complexity index is 390. The van der Waals surface area contributed by atoms with Crippen molar-refractivity contribution in [3.05, 3.63) is 12.4 Å². The van der Waals surface area contributed by atoms with Gasteiger partial charge in [0.05, 0.1) is 12.4 Å². The Morgan fingerprint density at radius 1 is 1.56 bits per heavy atom. The lowest BCUT2D eigenvalue weighted by Crippen LogP contribution is -2.63. The highest BCUT2D eigenvalue weighted by molar-refractivity contribution is 5.16. The molecule has 1 aromatic rings. The smallest absolute Gasteiger partial charge is 0.157 e. The quantitative estimate of drug-likeness (QED) is 0.843. The summed E-state index contributed by atoms with van der Waals surface area (Å²) < 4.78 is 7.85. The SMILES string of the molecule is CCCNC1CC(Oc2cnn(C)c2)C1(C)CC. The lowest BCUT2D eigenvalue weighted by Gasteiger charge is -2.53. The lowest BCUT2D eigenvalue weighted by molar-refractivity contribution is -0.0701. The van der Waals surface area contributed by atoms with Gasteiger partial charge in [-0.05, 0) is 19.4 Å². The van der Waals surface area contributed by atoms with Crippen LogP contribution in [0, 0.1) is 5.41 Å². The molecule has 0 saturated heterocycles. The zero-order valence-corrected chi connectivity index (χ0v) is 11.9. The van der Waals surface area contributed by atoms with Gasteiger partial charge in [-0.25, -0.2) is 0 Å². The number of aromatic nitrogens is 2. The molecule has 0 amide bonds. The van der Waals surface area contributed by atoms with Gasteiger partial charge in [-0.1, -0.05) is 20.8 Å². The second-order valence-corrected chi connectivity index (χ2v) is 5.56. The van der Waals surface area contributed by atoms with E-state index < -0.39 is 0 Å². The van der Waals surface area contributed by atoms with Gasteiger partial charge in [-0.15, -0.1) is 0 Å². The second kappa shape index (κ2) is 5.31. The predicted molar refractivity (Wildman–Crippen MR) is 72.7 cm³/mol. The van der Waals surface area contributed by atoms with Crippen molar-refractivity contribution in [2.45, 2.75) is 52.2 Å². The van der Waals surface area contributed by atoms with Crippen LogP contribution in [0.25, 0.3) is 0 Å². The molecule has 1 aliphatic carbocycles. The Morgan fingerprint density at radius 3 is 2.89 bits per heavy atom. The minimum Gasteiger partial charge on any atom is -0.486 e. The summed E-state index contributed by atoms with van der Waals surface area (Å²) in [6.45, 7) is 7.88. The van der Waals surface area contributed by atoms with Crippen LogP contribution in [0.2, 0.25) is 0 Å². The molecular weight excluding hydrogens is 226 g/mol. The molecule has 0 radical (unpaired) electrons. The molecule has 1 fully saturated rings. The number of hydrogen-bond acceptors (Lipinski definition) is 3. The van der Waals surface area contributed by atoms with E-state index in [1.165, 1.54) is 6.42 Å². The summed E-state index contributed by atoms with van der Waals surface area (Å²) in [5, 5.41) is 7.78. The number of ether oxygens (including phenoxy) is 1. The molecule has 1 N–H and O–H groups in total. The molecule has 0 bridgehead atoms. The van der Waals surface area contributed by atoms with Crippen LogP contribution in [0.5, 0.6) is 5.75 Å². The highest BCUT2D eigenvalue weighted by Gasteiger charge is 2.51. The normalized spacial score (nSPS) is 31.1. The van der Waals surface area contributed by atoms with Gasteiger partial charge in [-0.3, -0.25) is 4.68 Å². The van der Waals surface area contributed by atoms with E-state index in [0.717, 1.165) is 25.1 Å². The molecule has 1 aromatic heterocycles. The molecule has 4 heteroatoms. The van der Waals surface area contributed by atoms with E-state index in [2.05, 4.69) is 31.2 Å². The molecule has 2 rings (SSSR count). The summed E-state index contributed by atoms with van der Waals surface area (Å²) in [6, 6.07) is 0.587. The number of aryl methyl sites for hydroxylation is 1. The molecule has 1 heterocycles. The molecule has 102 valence electrons. The Hall–Kier alpha value is -1.03. The van der Waals surface area contributed by atoms with Crippen LogP contribution in [-0.2, 0) is 7.05 Å². The van der Waals surface area contributed by atoms with E-state index in [1.54, 1.807) is 10.9 Å². The van der Waals surface area contributed by atoms with Gasteiger partial charge < -0.3 is 10.1 Å². The highest BCUT2D eigenvalue weighted by Crippen LogP contribution is 2.45. The first-order valence-electron chi connectivity index (χ1n) is 6.98. The summed E-state index contributed by atoms with van der Waals surface area (Å²) >= 11 is 0. The van der Waals surface area contributed by atoms with Crippen molar-refractivity contribution < 1.29 is 4.74 Å². The average molecular weight is 251 g/mol. The number of hydrogen-bond donors (Lipinski definition) is 1. The van der Waals surface area contributed by atoms with E-state index in [0.29, 0.717) is 12.1 Å². The van der Waals surface area contributed by atoms with Crippen LogP contribution in [0.15, 0.2) is 12.4 Å². The molecule has 3 atom stereocenters. The summed E-state index contributed by atoms with van der Waals surface area (Å²) in [4.78, 5) is 0. The maximum absolute atomic E-state index is 6.06. The molecule has 0 aliphatic heterocycles. The van der Waals surface area contributed by atoms with E-state index >= 15 is 0 Å². The second-order valence-electron chi connectivity index (χ2n) is 5.56. The topological polar surface area (TPSA) is 39.1 Å². The van der Waals surface area contributed by atoms with Crippen LogP contribution in [0.3, 0.4) is 0 Å². The lowest BCUT2D eigenvalue weighted by atomic mass is 9.61. The zero-order chi connectivity index (χ0) is 13.2. The minimum absolute atomic E-state index is 0.241. The monoisotopic (exact) mass is 251 g/mol. The predicted octanol–water partition coefficient (Wildman–Crippen LogP) is 2.36. The van der Waals surface area contributed by atoms with Crippen molar-refractivity contribution in [3.63, 3.8) is 0 Å². The van der Waals surface area contributed by atoms with Crippen LogP contribution in [0.4, 0.5) is 0 Å². The van der Waals surface area contributed by atoms with Crippen LogP contribution in [0.1, 0.15) is 40.0 Å². The van der Waals surface area contributed by atoms with Crippen molar-refractivity contribution in [3.8, 4) is 5.75 Å². The Kier molecular flexibility index (Phi) is 3.95. The maximum atomic E-state index is 6.06. The average Bonchev–Trinajstić information content (AvgIpc) is 2.77. The molecule has 3 unspecified atom stereocenters. The van der Waals surface area contributed by atoms with E-state index in [1.807, 2.05) is 13.2 Å². The molecule has 1 aliphatic rings. The van der Waals surface area contributed by atoms with Crippen LogP contribution < -0.4 is 10.1 Å². The van der Waals surface area contributed by atoms with Crippen molar-refractivity contribution in [2.75, 3.05) is 6.54 Å². The van der Waals surface area contributed by atoms with Gasteiger partial charge >= 0.3 is 0 Å². The van der Waals surface area contributed by atoms with Gasteiger partial charge in [0.25, 0.3) is 0 Å². The third-order valence-electron chi connectivity index (χ3n) is 4.34. The first-order chi connectivity index (χ1) is 8.60. The van der Waals surface area contributed by atoms with E-state index in [-0.39, 0.29) is 5.41 Å². The largest absolute Gasteiger partial charge is 0.486 e. The fraction of sp³-hybridized carbons (Fsp3) is 0.786. The van der Waals surface area contributed by atoms with Gasteiger partial charge in [0, 0.05) is 24.9 Å². The molecule has 4 nitrogen and oxygen atoms in total. The van der Waals surface area contributed by atoms with Gasteiger partial charge in [0.15, 0.2) is 5.75 Å². The van der Waals surface area contributed by atoms with Crippen LogP contribution in [-0.4, -0.2) is 28.5 Å². The zero-order valence-electron chi connectivity index (χ0n) is 11.9. The van der Waals surface area contributed by atoms with Crippen molar-refractivity contribution in [1.82, 2.24) is 15.1 Å². The Labute approximate surface area is 110 Å². The Balaban J connectivity index is 1.94. The van der Waals surface area contributed by atoms with Crippen LogP contribution >= 0.6 is 0 Å². The van der Waals surface area contributed by atoms with Gasteiger partial charge in [-0.2, -0.15) is 5.10 Å². The number of nitrogens with one attached hydrogen (secondary N) is 1. The van der Waals surface area contributed by atoms with Gasteiger partial charge in [0.2, 0.25) is 0 Å². The third-order valence-corrected chi connectivity index (χ3v) is 4.34. The van der Waals surface area contributed by atoms with E-state index in [4.69, 9.17) is 4.74 Å². The van der Waals surface area contributed by atoms with Crippen molar-refractivity contribution in [2.24, 2.45) is 12.5 Å². The summed E-state index contributed by atoms with van der Waals surface area (Å²) in [5.41, 5.74) is 0.241. The summed E-state index contributed by atoms with van der Waals surface area (Å²) in [6.07, 6.45) is 7.45. The standard InChI is InChI=1S/C14H25N3O/c1-5-7-15-12-8-13(14(12,3)6-2)18-11-9-16-17(4)10-11/h9-10,12-13,15H,5-8H2,1-4H3. The molecular formula is C14H25N3O. The van der Waals surface area contributed by atoms with Crippen molar-refractivity contribution >= 4 is 0 Å². The number of nitrogens with zero attached hydrogens (tertiary/aromatic N) is 2. The highest BCUT2D eigenvalue weighted by atomic mass is 16.5. The van der Waals surface area contributed by atoms with Crippen molar-refractivity contribution in [1.29, 1.82) is 0 Å². The number of rotatable bonds is 6. The Morgan fingerprint density at radius 2 is 2.33 bits per heavy atom. The van der Waals surface area contributed by atoms with E-state index in [9.17, 15) is 0 Å². The molecule has 18 heavy (non-hydrogen) atoms. The van der Waals surface area contributed by atoms with Gasteiger partial charge in [0.1, 0.15) is 6.10 Å². The summed E-state index contributed by atoms with van der Waals surface area (Å²) in [7, 11) is 1.91. The third kappa shape index (κ3) is 2.39. The molecule has 1 saturated carbocycles. The molecule has 0 spiro atoms. The summed E-state index contributed by atoms with van der Waals surface area (Å²) in [5.74, 6) is 0.885. The minimum atomic E-state index is 0.241. The first kappa shape index (κ1) is 13.4.